The number of hydrogen-bond acceptors (Lipinski definition) is 6. The third-order valence-electron chi connectivity index (χ3n) is 2.89. The van der Waals surface area contributed by atoms with Gasteiger partial charge in [0.05, 0.1) is 25.7 Å². The molecule has 1 aliphatic heterocycles. The van der Waals surface area contributed by atoms with Crippen LogP contribution in [0.2, 0.25) is 0 Å². The first-order chi connectivity index (χ1) is 9.52. The van der Waals surface area contributed by atoms with E-state index < -0.39 is 5.97 Å². The quantitative estimate of drug-likeness (QED) is 0.789. The summed E-state index contributed by atoms with van der Waals surface area (Å²) in [5, 5.41) is 15.0. The summed E-state index contributed by atoms with van der Waals surface area (Å²) in [7, 11) is 0. The third-order valence-corrected chi connectivity index (χ3v) is 2.89. The normalized spacial score (nSPS) is 19.8. The summed E-state index contributed by atoms with van der Waals surface area (Å²) in [4.78, 5) is 24.3. The van der Waals surface area contributed by atoms with E-state index in [1.807, 2.05) is 4.90 Å². The number of aryl methyl sites for hydroxylation is 1. The van der Waals surface area contributed by atoms with Gasteiger partial charge < -0.3 is 19.7 Å². The second-order valence-electron chi connectivity index (χ2n) is 4.70. The maximum atomic E-state index is 11.8. The molecular formula is C12H17N3O5. The summed E-state index contributed by atoms with van der Waals surface area (Å²) in [5.74, 6) is -0.121. The summed E-state index contributed by atoms with van der Waals surface area (Å²) in [6.45, 7) is 3.36. The molecule has 2 heterocycles. The molecule has 1 amide bonds. The van der Waals surface area contributed by atoms with Crippen LogP contribution >= 0.6 is 0 Å². The number of ether oxygens (including phenoxy) is 1. The number of rotatable bonds is 5. The van der Waals surface area contributed by atoms with Gasteiger partial charge in [-0.3, -0.25) is 14.5 Å². The lowest BCUT2D eigenvalue weighted by Gasteiger charge is -2.31. The predicted octanol–water partition coefficient (Wildman–Crippen LogP) is 0.0970. The van der Waals surface area contributed by atoms with Crippen LogP contribution in [0.5, 0.6) is 0 Å². The molecule has 0 aromatic carbocycles. The van der Waals surface area contributed by atoms with Crippen LogP contribution < -0.4 is 5.32 Å². The number of amides is 1. The highest BCUT2D eigenvalue weighted by Gasteiger charge is 2.24. The summed E-state index contributed by atoms with van der Waals surface area (Å²) < 4.78 is 10.2. The minimum absolute atomic E-state index is 0.0550. The first kappa shape index (κ1) is 14.5. The van der Waals surface area contributed by atoms with E-state index in [0.717, 1.165) is 0 Å². The van der Waals surface area contributed by atoms with Crippen molar-refractivity contribution in [3.05, 3.63) is 11.8 Å². The average molecular weight is 283 g/mol. The molecule has 0 aliphatic carbocycles. The van der Waals surface area contributed by atoms with E-state index in [4.69, 9.17) is 14.4 Å². The number of nitrogens with one attached hydrogen (secondary N) is 1. The molecule has 1 aromatic rings. The predicted molar refractivity (Wildman–Crippen MR) is 68.3 cm³/mol. The Morgan fingerprint density at radius 1 is 1.60 bits per heavy atom. The zero-order valence-corrected chi connectivity index (χ0v) is 11.2. The van der Waals surface area contributed by atoms with Gasteiger partial charge in [0.2, 0.25) is 5.91 Å². The van der Waals surface area contributed by atoms with E-state index in [1.165, 1.54) is 0 Å². The van der Waals surface area contributed by atoms with E-state index in [0.29, 0.717) is 31.3 Å². The van der Waals surface area contributed by atoms with Crippen molar-refractivity contribution < 1.29 is 24.0 Å². The maximum Gasteiger partial charge on any atom is 0.306 e. The van der Waals surface area contributed by atoms with Gasteiger partial charge in [-0.25, -0.2) is 0 Å². The Labute approximate surface area is 115 Å². The minimum Gasteiger partial charge on any atom is -0.481 e. The third kappa shape index (κ3) is 4.32. The van der Waals surface area contributed by atoms with Crippen molar-refractivity contribution in [2.45, 2.75) is 19.4 Å². The molecule has 1 unspecified atom stereocenters. The van der Waals surface area contributed by atoms with Crippen LogP contribution in [0.4, 0.5) is 5.82 Å². The van der Waals surface area contributed by atoms with E-state index in [1.54, 1.807) is 13.0 Å². The largest absolute Gasteiger partial charge is 0.481 e. The lowest BCUT2D eigenvalue weighted by molar-refractivity contribution is -0.142. The number of aromatic nitrogens is 1. The fourth-order valence-corrected chi connectivity index (χ4v) is 2.05. The first-order valence-electron chi connectivity index (χ1n) is 6.32. The zero-order valence-electron chi connectivity index (χ0n) is 11.2. The Balaban J connectivity index is 1.80. The molecule has 8 nitrogen and oxygen atoms in total. The summed E-state index contributed by atoms with van der Waals surface area (Å²) >= 11 is 0. The molecule has 0 saturated carbocycles. The van der Waals surface area contributed by atoms with Gasteiger partial charge >= 0.3 is 5.97 Å². The lowest BCUT2D eigenvalue weighted by atomic mass is 10.2. The molecule has 2 N–H and O–H groups in total. The van der Waals surface area contributed by atoms with E-state index in [9.17, 15) is 9.59 Å². The molecule has 1 aliphatic rings. The van der Waals surface area contributed by atoms with Gasteiger partial charge in [-0.2, -0.15) is 0 Å². The van der Waals surface area contributed by atoms with E-state index >= 15 is 0 Å². The molecule has 1 atom stereocenters. The second-order valence-corrected chi connectivity index (χ2v) is 4.70. The standard InChI is InChI=1S/C12H17N3O5/c1-8-4-10(14-20-8)13-11(16)7-15-2-3-19-9(6-15)5-12(17)18/h4,9H,2-3,5-7H2,1H3,(H,17,18)(H,13,14,16). The Bertz CT molecular complexity index is 487. The van der Waals surface area contributed by atoms with Gasteiger partial charge in [0.15, 0.2) is 5.82 Å². The number of hydrogen-bond donors (Lipinski definition) is 2. The van der Waals surface area contributed by atoms with Crippen LogP contribution in [0.3, 0.4) is 0 Å². The van der Waals surface area contributed by atoms with Crippen molar-refractivity contribution in [1.29, 1.82) is 0 Å². The van der Waals surface area contributed by atoms with Crippen molar-refractivity contribution in [2.24, 2.45) is 0 Å². The lowest BCUT2D eigenvalue weighted by Crippen LogP contribution is -2.46. The van der Waals surface area contributed by atoms with Crippen LogP contribution in [-0.2, 0) is 14.3 Å². The molecule has 0 bridgehead atoms. The minimum atomic E-state index is -0.903. The Hall–Kier alpha value is -1.93. The smallest absolute Gasteiger partial charge is 0.306 e. The second kappa shape index (κ2) is 6.49. The number of carbonyl (C=O) groups is 2. The zero-order chi connectivity index (χ0) is 14.5. The molecule has 20 heavy (non-hydrogen) atoms. The number of morpholine rings is 1. The van der Waals surface area contributed by atoms with E-state index in [-0.39, 0.29) is 25.0 Å². The SMILES string of the molecule is Cc1cc(NC(=O)CN2CCOC(CC(=O)O)C2)no1. The molecule has 0 radical (unpaired) electrons. The molecule has 8 heteroatoms. The molecule has 110 valence electrons. The van der Waals surface area contributed by atoms with Crippen molar-refractivity contribution in [1.82, 2.24) is 10.1 Å². The first-order valence-corrected chi connectivity index (χ1v) is 6.32. The highest BCUT2D eigenvalue weighted by Crippen LogP contribution is 2.10. The van der Waals surface area contributed by atoms with E-state index in [2.05, 4.69) is 10.5 Å². The fraction of sp³-hybridized carbons (Fsp3) is 0.583. The van der Waals surface area contributed by atoms with Crippen LogP contribution in [0, 0.1) is 6.92 Å². The van der Waals surface area contributed by atoms with Crippen molar-refractivity contribution >= 4 is 17.7 Å². The van der Waals surface area contributed by atoms with Crippen LogP contribution in [-0.4, -0.2) is 59.4 Å². The molecular weight excluding hydrogens is 266 g/mol. The van der Waals surface area contributed by atoms with Crippen LogP contribution in [0.15, 0.2) is 10.6 Å². The maximum absolute atomic E-state index is 11.8. The average Bonchev–Trinajstić information content (AvgIpc) is 2.74. The molecule has 2 rings (SSSR count). The van der Waals surface area contributed by atoms with Gasteiger partial charge in [0, 0.05) is 19.2 Å². The van der Waals surface area contributed by atoms with Crippen molar-refractivity contribution in [3.63, 3.8) is 0 Å². The van der Waals surface area contributed by atoms with Gasteiger partial charge in [-0.1, -0.05) is 5.16 Å². The Morgan fingerprint density at radius 3 is 3.05 bits per heavy atom. The summed E-state index contributed by atoms with van der Waals surface area (Å²) in [6, 6.07) is 1.63. The van der Waals surface area contributed by atoms with Gasteiger partial charge in [-0.05, 0) is 6.92 Å². The molecule has 1 saturated heterocycles. The summed E-state index contributed by atoms with van der Waals surface area (Å²) in [5.41, 5.74) is 0. The fourth-order valence-electron chi connectivity index (χ4n) is 2.05. The van der Waals surface area contributed by atoms with Gasteiger partial charge in [0.25, 0.3) is 0 Å². The number of nitrogens with zero attached hydrogens (tertiary/aromatic N) is 2. The number of aliphatic carboxylic acids is 1. The van der Waals surface area contributed by atoms with Crippen molar-refractivity contribution in [3.8, 4) is 0 Å². The monoisotopic (exact) mass is 283 g/mol. The van der Waals surface area contributed by atoms with Crippen LogP contribution in [0.25, 0.3) is 0 Å². The number of carboxylic acids is 1. The molecule has 0 spiro atoms. The Kier molecular flexibility index (Phi) is 4.70. The highest BCUT2D eigenvalue weighted by atomic mass is 16.5. The van der Waals surface area contributed by atoms with Gasteiger partial charge in [-0.15, -0.1) is 0 Å². The number of carbonyl (C=O) groups excluding carboxylic acids is 1. The molecule has 1 aromatic heterocycles. The highest BCUT2D eigenvalue weighted by molar-refractivity contribution is 5.91. The van der Waals surface area contributed by atoms with Crippen LogP contribution in [0.1, 0.15) is 12.2 Å². The topological polar surface area (TPSA) is 105 Å². The van der Waals surface area contributed by atoms with Gasteiger partial charge in [0.1, 0.15) is 5.76 Å². The molecule has 1 fully saturated rings. The number of carboxylic acid groups (broad SMARTS) is 1. The Morgan fingerprint density at radius 2 is 2.40 bits per heavy atom. The van der Waals surface area contributed by atoms with Crippen molar-refractivity contribution in [2.75, 3.05) is 31.6 Å². The summed E-state index contributed by atoms with van der Waals surface area (Å²) in [6.07, 6.45) is -0.427. The number of anilines is 1.